The molecule has 0 aliphatic carbocycles. The maximum Gasteiger partial charge on any atom is 0.132 e. The molecule has 0 atom stereocenters. The number of fused-ring (bicyclic) bond motifs is 1. The number of hydrogen-bond donors (Lipinski definition) is 1. The highest BCUT2D eigenvalue weighted by molar-refractivity contribution is 9.10. The average molecular weight is 364 g/mol. The molecule has 0 aliphatic rings. The SMILES string of the molecule is COc1cc2ccccc2cc1-c1c(N)cc(Cl)nc1Br. The smallest absolute Gasteiger partial charge is 0.132 e. The van der Waals surface area contributed by atoms with Gasteiger partial charge in [0.1, 0.15) is 15.5 Å². The number of benzene rings is 2. The van der Waals surface area contributed by atoms with Gasteiger partial charge in [-0.3, -0.25) is 0 Å². The number of aromatic nitrogens is 1. The van der Waals surface area contributed by atoms with Gasteiger partial charge in [-0.2, -0.15) is 0 Å². The van der Waals surface area contributed by atoms with Crippen LogP contribution in [-0.4, -0.2) is 12.1 Å². The molecule has 0 unspecified atom stereocenters. The quantitative estimate of drug-likeness (QED) is 0.658. The van der Waals surface area contributed by atoms with Crippen molar-refractivity contribution in [3.63, 3.8) is 0 Å². The van der Waals surface area contributed by atoms with Crippen molar-refractivity contribution in [3.05, 3.63) is 52.2 Å². The zero-order valence-electron chi connectivity index (χ0n) is 11.2. The van der Waals surface area contributed by atoms with Crippen molar-refractivity contribution in [3.8, 4) is 16.9 Å². The lowest BCUT2D eigenvalue weighted by Crippen LogP contribution is -1.96. The Kier molecular flexibility index (Phi) is 3.74. The lowest BCUT2D eigenvalue weighted by molar-refractivity contribution is 0.417. The molecule has 0 spiro atoms. The van der Waals surface area contributed by atoms with E-state index < -0.39 is 0 Å². The van der Waals surface area contributed by atoms with Crippen molar-refractivity contribution in [1.82, 2.24) is 4.98 Å². The molecule has 3 aromatic rings. The first kappa shape index (κ1) is 14.2. The lowest BCUT2D eigenvalue weighted by atomic mass is 10.00. The number of nitrogens with zero attached hydrogens (tertiary/aromatic N) is 1. The van der Waals surface area contributed by atoms with E-state index in [0.29, 0.717) is 15.4 Å². The van der Waals surface area contributed by atoms with Crippen LogP contribution in [0.5, 0.6) is 5.75 Å². The first-order chi connectivity index (χ1) is 10.1. The molecule has 2 aromatic carbocycles. The van der Waals surface area contributed by atoms with Crippen molar-refractivity contribution in [2.24, 2.45) is 0 Å². The molecule has 0 fully saturated rings. The van der Waals surface area contributed by atoms with E-state index in [0.717, 1.165) is 27.6 Å². The first-order valence-electron chi connectivity index (χ1n) is 6.29. The van der Waals surface area contributed by atoms with Crippen molar-refractivity contribution >= 4 is 44.0 Å². The van der Waals surface area contributed by atoms with Crippen LogP contribution in [0.3, 0.4) is 0 Å². The fraction of sp³-hybridized carbons (Fsp3) is 0.0625. The summed E-state index contributed by atoms with van der Waals surface area (Å²) in [6.07, 6.45) is 0. The molecule has 21 heavy (non-hydrogen) atoms. The third-order valence-electron chi connectivity index (χ3n) is 3.31. The van der Waals surface area contributed by atoms with Crippen LogP contribution in [0.1, 0.15) is 0 Å². The van der Waals surface area contributed by atoms with Gasteiger partial charge in [-0.1, -0.05) is 35.9 Å². The van der Waals surface area contributed by atoms with E-state index in [1.165, 1.54) is 0 Å². The fourth-order valence-electron chi connectivity index (χ4n) is 2.35. The van der Waals surface area contributed by atoms with Crippen molar-refractivity contribution in [2.75, 3.05) is 12.8 Å². The number of nitrogen functional groups attached to an aromatic ring is 1. The van der Waals surface area contributed by atoms with Crippen molar-refractivity contribution in [1.29, 1.82) is 0 Å². The van der Waals surface area contributed by atoms with Crippen molar-refractivity contribution < 1.29 is 4.74 Å². The molecule has 0 saturated carbocycles. The molecule has 1 aromatic heterocycles. The Labute approximate surface area is 135 Å². The number of ether oxygens (including phenoxy) is 1. The topological polar surface area (TPSA) is 48.1 Å². The van der Waals surface area contributed by atoms with Crippen LogP contribution in [-0.2, 0) is 0 Å². The van der Waals surface area contributed by atoms with Crippen LogP contribution in [0.15, 0.2) is 47.1 Å². The van der Waals surface area contributed by atoms with E-state index in [4.69, 9.17) is 22.1 Å². The van der Waals surface area contributed by atoms with Gasteiger partial charge in [0.05, 0.1) is 7.11 Å². The van der Waals surface area contributed by atoms with E-state index >= 15 is 0 Å². The second kappa shape index (κ2) is 5.54. The highest BCUT2D eigenvalue weighted by atomic mass is 79.9. The molecule has 3 rings (SSSR count). The van der Waals surface area contributed by atoms with Gasteiger partial charge in [0.2, 0.25) is 0 Å². The third-order valence-corrected chi connectivity index (χ3v) is 4.08. The first-order valence-corrected chi connectivity index (χ1v) is 7.46. The van der Waals surface area contributed by atoms with E-state index in [2.05, 4.69) is 20.9 Å². The van der Waals surface area contributed by atoms with Gasteiger partial charge < -0.3 is 10.5 Å². The van der Waals surface area contributed by atoms with E-state index in [1.807, 2.05) is 36.4 Å². The third kappa shape index (κ3) is 2.57. The molecule has 3 nitrogen and oxygen atoms in total. The highest BCUT2D eigenvalue weighted by Crippen LogP contribution is 2.41. The summed E-state index contributed by atoms with van der Waals surface area (Å²) in [6.45, 7) is 0. The van der Waals surface area contributed by atoms with Gasteiger partial charge in [-0.15, -0.1) is 0 Å². The summed E-state index contributed by atoms with van der Waals surface area (Å²) in [5.74, 6) is 0.741. The molecule has 1 heterocycles. The van der Waals surface area contributed by atoms with Crippen LogP contribution in [0.2, 0.25) is 5.15 Å². The largest absolute Gasteiger partial charge is 0.496 e. The minimum atomic E-state index is 0.350. The number of halogens is 2. The Bertz CT molecular complexity index is 813. The average Bonchev–Trinajstić information content (AvgIpc) is 2.45. The van der Waals surface area contributed by atoms with Gasteiger partial charge in [0.25, 0.3) is 0 Å². The standard InChI is InChI=1S/C16H12BrClN2O/c1-21-13-7-10-5-3-2-4-9(10)6-11(13)15-12(19)8-14(18)20-16(15)17/h2-8H,1H3,(H2,19,20). The molecule has 0 radical (unpaired) electrons. The predicted molar refractivity (Wildman–Crippen MR) is 90.9 cm³/mol. The van der Waals surface area contributed by atoms with Crippen LogP contribution in [0, 0.1) is 0 Å². The van der Waals surface area contributed by atoms with E-state index in [9.17, 15) is 0 Å². The maximum absolute atomic E-state index is 6.11. The molecule has 0 aliphatic heterocycles. The molecular formula is C16H12BrClN2O. The summed E-state index contributed by atoms with van der Waals surface area (Å²) in [5, 5.41) is 2.56. The number of anilines is 1. The molecule has 0 saturated heterocycles. The van der Waals surface area contributed by atoms with Crippen LogP contribution < -0.4 is 10.5 Å². The zero-order chi connectivity index (χ0) is 15.0. The van der Waals surface area contributed by atoms with E-state index in [1.54, 1.807) is 13.2 Å². The monoisotopic (exact) mass is 362 g/mol. The second-order valence-corrected chi connectivity index (χ2v) is 5.74. The highest BCUT2D eigenvalue weighted by Gasteiger charge is 2.15. The number of hydrogen-bond acceptors (Lipinski definition) is 3. The lowest BCUT2D eigenvalue weighted by Gasteiger charge is -2.14. The molecular weight excluding hydrogens is 352 g/mol. The van der Waals surface area contributed by atoms with Gasteiger partial charge in [0, 0.05) is 16.8 Å². The maximum atomic E-state index is 6.11. The van der Waals surface area contributed by atoms with Gasteiger partial charge in [0.15, 0.2) is 0 Å². The second-order valence-electron chi connectivity index (χ2n) is 4.60. The van der Waals surface area contributed by atoms with Crippen LogP contribution in [0.25, 0.3) is 21.9 Å². The molecule has 0 amide bonds. The molecule has 5 heteroatoms. The fourth-order valence-corrected chi connectivity index (χ4v) is 3.29. The predicted octanol–water partition coefficient (Wildman–Crippen LogP) is 4.91. The normalized spacial score (nSPS) is 10.8. The molecule has 2 N–H and O–H groups in total. The Morgan fingerprint density at radius 2 is 1.81 bits per heavy atom. The zero-order valence-corrected chi connectivity index (χ0v) is 13.6. The Balaban J connectivity index is 2.34. The Morgan fingerprint density at radius 1 is 1.14 bits per heavy atom. The summed E-state index contributed by atoms with van der Waals surface area (Å²) < 4.78 is 6.11. The van der Waals surface area contributed by atoms with Crippen LogP contribution >= 0.6 is 27.5 Å². The Morgan fingerprint density at radius 3 is 2.43 bits per heavy atom. The van der Waals surface area contributed by atoms with Crippen molar-refractivity contribution in [2.45, 2.75) is 0 Å². The minimum Gasteiger partial charge on any atom is -0.496 e. The summed E-state index contributed by atoms with van der Waals surface area (Å²) in [5.41, 5.74) is 8.32. The summed E-state index contributed by atoms with van der Waals surface area (Å²) in [4.78, 5) is 4.21. The molecule has 0 bridgehead atoms. The summed E-state index contributed by atoms with van der Waals surface area (Å²) in [6, 6.07) is 13.8. The van der Waals surface area contributed by atoms with Crippen LogP contribution in [0.4, 0.5) is 5.69 Å². The number of rotatable bonds is 2. The van der Waals surface area contributed by atoms with Gasteiger partial charge in [-0.05, 0) is 44.9 Å². The summed E-state index contributed by atoms with van der Waals surface area (Å²) >= 11 is 9.36. The van der Waals surface area contributed by atoms with Gasteiger partial charge in [-0.25, -0.2) is 4.98 Å². The number of methoxy groups -OCH3 is 1. The Hall–Kier alpha value is -1.78. The number of nitrogens with two attached hydrogens (primary N) is 1. The van der Waals surface area contributed by atoms with Gasteiger partial charge >= 0.3 is 0 Å². The minimum absolute atomic E-state index is 0.350. The number of pyridine rings is 1. The molecule has 106 valence electrons. The summed E-state index contributed by atoms with van der Waals surface area (Å²) in [7, 11) is 1.64. The van der Waals surface area contributed by atoms with E-state index in [-0.39, 0.29) is 0 Å².